The first kappa shape index (κ1) is 20.1. The zero-order valence-electron chi connectivity index (χ0n) is 12.1. The minimum absolute atomic E-state index is 0.236. The van der Waals surface area contributed by atoms with Crippen LogP contribution in [0, 0.1) is 0 Å². The number of rotatable bonds is 7. The number of nitrogens with two attached hydrogens (primary N) is 1. The molecule has 142 valence electrons. The molecule has 0 spiro atoms. The lowest BCUT2D eigenvalue weighted by atomic mass is 10.1. The van der Waals surface area contributed by atoms with Gasteiger partial charge in [0.25, 0.3) is 5.91 Å². The second-order valence-electron chi connectivity index (χ2n) is 4.80. The highest BCUT2D eigenvalue weighted by Crippen LogP contribution is 2.57. The number of carbonyl (C=O) groups is 1. The summed E-state index contributed by atoms with van der Waals surface area (Å²) in [7, 11) is -10.4. The van der Waals surface area contributed by atoms with E-state index in [0.717, 1.165) is 11.0 Å². The SMILES string of the molecule is NC(=O)c1cnn([C@@H]2O[C@H](COP(=O)(O)OP(=O)(O)O)[C@@H](O)[C@H]2O)n1. The van der Waals surface area contributed by atoms with E-state index in [-0.39, 0.29) is 5.69 Å². The van der Waals surface area contributed by atoms with Crippen molar-refractivity contribution in [2.24, 2.45) is 5.73 Å². The molecule has 1 amide bonds. The van der Waals surface area contributed by atoms with Gasteiger partial charge in [0.1, 0.15) is 18.3 Å². The zero-order valence-corrected chi connectivity index (χ0v) is 13.9. The first-order valence-corrected chi connectivity index (χ1v) is 9.39. The third kappa shape index (κ3) is 5.12. The van der Waals surface area contributed by atoms with Gasteiger partial charge in [0.2, 0.25) is 0 Å². The van der Waals surface area contributed by atoms with E-state index in [1.54, 1.807) is 0 Å². The van der Waals surface area contributed by atoms with Crippen LogP contribution in [-0.4, -0.2) is 70.7 Å². The molecule has 0 radical (unpaired) electrons. The van der Waals surface area contributed by atoms with Crippen LogP contribution in [-0.2, 0) is 22.7 Å². The van der Waals surface area contributed by atoms with Crippen molar-refractivity contribution in [2.75, 3.05) is 6.61 Å². The molecule has 1 aliphatic heterocycles. The Morgan fingerprint density at radius 2 is 1.96 bits per heavy atom. The van der Waals surface area contributed by atoms with Gasteiger partial charge in [-0.1, -0.05) is 0 Å². The number of hydrogen-bond donors (Lipinski definition) is 6. The number of phosphoric ester groups is 1. The predicted octanol–water partition coefficient (Wildman–Crippen LogP) is -2.78. The number of amides is 1. The fourth-order valence-corrected chi connectivity index (χ4v) is 3.49. The molecule has 2 heterocycles. The molecule has 2 rings (SSSR count). The standard InChI is InChI=1S/C8H14N4O11P2/c9-7(15)3-1-10-12(11-3)8-6(14)5(13)4(22-8)2-21-25(19,20)23-24(16,17)18/h1,4-6,8,13-14H,2H2,(H2,9,15)(H,19,20)(H2,16,17,18)/t4-,5-,6-,8-/m1/s1. The van der Waals surface area contributed by atoms with Crippen LogP contribution < -0.4 is 5.73 Å². The molecular formula is C8H14N4O11P2. The van der Waals surface area contributed by atoms with Crippen molar-refractivity contribution < 1.29 is 52.4 Å². The number of ether oxygens (including phenoxy) is 1. The van der Waals surface area contributed by atoms with Gasteiger partial charge in [-0.05, 0) is 0 Å². The maximum atomic E-state index is 11.3. The molecule has 15 nitrogen and oxygen atoms in total. The van der Waals surface area contributed by atoms with E-state index in [4.69, 9.17) is 25.2 Å². The van der Waals surface area contributed by atoms with Crippen LogP contribution in [0.4, 0.5) is 0 Å². The zero-order chi connectivity index (χ0) is 19.0. The second kappa shape index (κ2) is 7.17. The Balaban J connectivity index is 2.03. The van der Waals surface area contributed by atoms with Crippen molar-refractivity contribution in [2.45, 2.75) is 24.5 Å². The van der Waals surface area contributed by atoms with E-state index in [2.05, 4.69) is 19.0 Å². The number of aromatic nitrogens is 3. The highest BCUT2D eigenvalue weighted by Gasteiger charge is 2.46. The normalized spacial score (nSPS) is 29.5. The molecule has 1 fully saturated rings. The number of aliphatic hydroxyl groups is 2. The average Bonchev–Trinajstić information content (AvgIpc) is 3.02. The van der Waals surface area contributed by atoms with Crippen LogP contribution in [0.1, 0.15) is 16.7 Å². The molecule has 7 N–H and O–H groups in total. The summed E-state index contributed by atoms with van der Waals surface area (Å²) in [5, 5.41) is 27.0. The minimum Gasteiger partial charge on any atom is -0.387 e. The molecule has 0 aromatic carbocycles. The number of primary amides is 1. The van der Waals surface area contributed by atoms with E-state index < -0.39 is 52.7 Å². The van der Waals surface area contributed by atoms with Gasteiger partial charge in [-0.15, -0.1) is 5.10 Å². The number of nitrogens with zero attached hydrogens (tertiary/aromatic N) is 3. The van der Waals surface area contributed by atoms with Gasteiger partial charge in [-0.3, -0.25) is 9.32 Å². The third-order valence-electron chi connectivity index (χ3n) is 2.94. The van der Waals surface area contributed by atoms with Crippen molar-refractivity contribution in [1.29, 1.82) is 0 Å². The molecular weight excluding hydrogens is 390 g/mol. The van der Waals surface area contributed by atoms with E-state index in [1.807, 2.05) is 0 Å². The van der Waals surface area contributed by atoms with Crippen molar-refractivity contribution in [3.8, 4) is 0 Å². The van der Waals surface area contributed by atoms with E-state index in [0.29, 0.717) is 0 Å². The maximum absolute atomic E-state index is 11.3. The van der Waals surface area contributed by atoms with Gasteiger partial charge in [0.05, 0.1) is 12.8 Å². The smallest absolute Gasteiger partial charge is 0.387 e. The average molecular weight is 404 g/mol. The molecule has 25 heavy (non-hydrogen) atoms. The summed E-state index contributed by atoms with van der Waals surface area (Å²) >= 11 is 0. The van der Waals surface area contributed by atoms with Gasteiger partial charge in [0.15, 0.2) is 11.9 Å². The summed E-state index contributed by atoms with van der Waals surface area (Å²) in [6.07, 6.45) is -5.03. The fraction of sp³-hybridized carbons (Fsp3) is 0.625. The maximum Gasteiger partial charge on any atom is 0.481 e. The van der Waals surface area contributed by atoms with Crippen molar-refractivity contribution in [3.05, 3.63) is 11.9 Å². The Bertz CT molecular complexity index is 733. The topological polar surface area (TPSA) is 237 Å². The molecule has 1 saturated heterocycles. The Morgan fingerprint density at radius 3 is 2.48 bits per heavy atom. The molecule has 1 aromatic heterocycles. The molecule has 5 atom stereocenters. The predicted molar refractivity (Wildman–Crippen MR) is 73.4 cm³/mol. The lowest BCUT2D eigenvalue weighted by Crippen LogP contribution is -2.34. The Morgan fingerprint density at radius 1 is 1.32 bits per heavy atom. The summed E-state index contributed by atoms with van der Waals surface area (Å²) in [6.45, 7) is -0.869. The summed E-state index contributed by atoms with van der Waals surface area (Å²) in [4.78, 5) is 37.8. The van der Waals surface area contributed by atoms with Gasteiger partial charge in [0, 0.05) is 0 Å². The number of carbonyl (C=O) groups excluding carboxylic acids is 1. The highest BCUT2D eigenvalue weighted by molar-refractivity contribution is 7.60. The van der Waals surface area contributed by atoms with Crippen molar-refractivity contribution >= 4 is 21.6 Å². The van der Waals surface area contributed by atoms with Crippen LogP contribution in [0.2, 0.25) is 0 Å². The molecule has 1 unspecified atom stereocenters. The van der Waals surface area contributed by atoms with Crippen molar-refractivity contribution in [1.82, 2.24) is 15.0 Å². The number of hydrogen-bond acceptors (Lipinski definition) is 10. The second-order valence-corrected chi connectivity index (χ2v) is 7.63. The van der Waals surface area contributed by atoms with E-state index in [1.165, 1.54) is 0 Å². The molecule has 0 bridgehead atoms. The first-order chi connectivity index (χ1) is 11.4. The van der Waals surface area contributed by atoms with Gasteiger partial charge >= 0.3 is 15.6 Å². The molecule has 1 aliphatic rings. The van der Waals surface area contributed by atoms with Crippen LogP contribution in [0.15, 0.2) is 6.20 Å². The summed E-state index contributed by atoms with van der Waals surface area (Å²) in [6, 6.07) is 0. The number of aliphatic hydroxyl groups excluding tert-OH is 2. The summed E-state index contributed by atoms with van der Waals surface area (Å²) in [5.74, 6) is -0.894. The van der Waals surface area contributed by atoms with Crippen LogP contribution in [0.3, 0.4) is 0 Å². The van der Waals surface area contributed by atoms with Crippen LogP contribution >= 0.6 is 15.6 Å². The Hall–Kier alpha value is -1.25. The molecule has 1 aromatic rings. The third-order valence-corrected chi connectivity index (χ3v) is 5.09. The summed E-state index contributed by atoms with van der Waals surface area (Å²) < 4.78 is 34.9. The lowest BCUT2D eigenvalue weighted by Gasteiger charge is -2.17. The Kier molecular flexibility index (Phi) is 5.75. The van der Waals surface area contributed by atoms with Gasteiger partial charge in [-0.25, -0.2) is 9.13 Å². The molecule has 0 saturated carbocycles. The van der Waals surface area contributed by atoms with E-state index in [9.17, 15) is 24.1 Å². The van der Waals surface area contributed by atoms with Crippen LogP contribution in [0.5, 0.6) is 0 Å². The highest BCUT2D eigenvalue weighted by atomic mass is 31.3. The summed E-state index contributed by atoms with van der Waals surface area (Å²) in [5.41, 5.74) is 4.76. The van der Waals surface area contributed by atoms with Gasteiger partial charge in [-0.2, -0.15) is 14.2 Å². The monoisotopic (exact) mass is 404 g/mol. The van der Waals surface area contributed by atoms with E-state index >= 15 is 0 Å². The molecule has 17 heteroatoms. The lowest BCUT2D eigenvalue weighted by molar-refractivity contribution is -0.0648. The first-order valence-electron chi connectivity index (χ1n) is 6.37. The van der Waals surface area contributed by atoms with Gasteiger partial charge < -0.3 is 35.4 Å². The largest absolute Gasteiger partial charge is 0.481 e. The van der Waals surface area contributed by atoms with Crippen molar-refractivity contribution in [3.63, 3.8) is 0 Å². The molecule has 0 aliphatic carbocycles. The minimum atomic E-state index is -5.30. The number of phosphoric acid groups is 2. The quantitative estimate of drug-likeness (QED) is 0.253. The fourth-order valence-electron chi connectivity index (χ4n) is 1.89. The Labute approximate surface area is 138 Å². The van der Waals surface area contributed by atoms with Crippen LogP contribution in [0.25, 0.3) is 0 Å².